The van der Waals surface area contributed by atoms with Gasteiger partial charge in [0.2, 0.25) is 0 Å². The van der Waals surface area contributed by atoms with E-state index in [1.165, 1.54) is 12.1 Å². The van der Waals surface area contributed by atoms with E-state index >= 15 is 0 Å². The van der Waals surface area contributed by atoms with Gasteiger partial charge in [-0.25, -0.2) is 4.79 Å². The summed E-state index contributed by atoms with van der Waals surface area (Å²) in [6.07, 6.45) is 1.90. The number of alkyl carbamates (subject to hydrolysis) is 1. The lowest BCUT2D eigenvalue weighted by atomic mass is 9.74. The van der Waals surface area contributed by atoms with Gasteiger partial charge in [-0.05, 0) is 57.4 Å². The van der Waals surface area contributed by atoms with Crippen LogP contribution in [0.1, 0.15) is 38.3 Å². The molecule has 3 fully saturated rings. The number of nitrogens with one attached hydrogen (secondary N) is 1. The number of nitrogens with zero attached hydrogens (tertiary/aromatic N) is 3. The summed E-state index contributed by atoms with van der Waals surface area (Å²) < 4.78 is 13.0. The predicted octanol–water partition coefficient (Wildman–Crippen LogP) is 3.41. The monoisotopic (exact) mass is 412 g/mol. The molecular formula is C23H32N4O3. The van der Waals surface area contributed by atoms with Gasteiger partial charge >= 0.3 is 6.09 Å². The standard InChI is InChI=1S/C23H32N4O3/c1-15(2)24-23(28)30-14-17-11-16-9-10-27(17)13-19(16)21-12-20(25-26(21)3)18-7-5-6-8-22(18)29-4/h5-8,12,15-17,19H,9-11,13-14H2,1-4H3,(H,24,28)/t16-,17-,19+/m1/s1. The molecule has 1 amide bonds. The van der Waals surface area contributed by atoms with Crippen LogP contribution in [0.4, 0.5) is 4.79 Å². The van der Waals surface area contributed by atoms with Crippen LogP contribution in [-0.2, 0) is 11.8 Å². The minimum atomic E-state index is -0.322. The summed E-state index contributed by atoms with van der Waals surface area (Å²) >= 11 is 0. The maximum atomic E-state index is 11.8. The molecule has 30 heavy (non-hydrogen) atoms. The Bertz CT molecular complexity index is 894. The average Bonchev–Trinajstić information content (AvgIpc) is 3.13. The Morgan fingerprint density at radius 3 is 2.83 bits per heavy atom. The van der Waals surface area contributed by atoms with E-state index in [4.69, 9.17) is 14.6 Å². The molecule has 1 N–H and O–H groups in total. The van der Waals surface area contributed by atoms with E-state index in [0.29, 0.717) is 24.5 Å². The van der Waals surface area contributed by atoms with Crippen LogP contribution in [0.25, 0.3) is 11.3 Å². The van der Waals surface area contributed by atoms with E-state index in [0.717, 1.165) is 36.5 Å². The van der Waals surface area contributed by atoms with Crippen molar-refractivity contribution in [3.05, 3.63) is 36.0 Å². The van der Waals surface area contributed by atoms with Crippen LogP contribution in [0.5, 0.6) is 5.75 Å². The highest BCUT2D eigenvalue weighted by Crippen LogP contribution is 2.43. The molecule has 7 heteroatoms. The topological polar surface area (TPSA) is 68.6 Å². The van der Waals surface area contributed by atoms with Crippen molar-refractivity contribution in [3.8, 4) is 17.0 Å². The number of piperidine rings is 3. The first-order valence-corrected chi connectivity index (χ1v) is 10.8. The molecule has 5 rings (SSSR count). The highest BCUT2D eigenvalue weighted by atomic mass is 16.5. The van der Waals surface area contributed by atoms with Crippen LogP contribution in [-0.4, -0.2) is 59.7 Å². The van der Waals surface area contributed by atoms with Crippen molar-refractivity contribution >= 4 is 6.09 Å². The first-order valence-electron chi connectivity index (χ1n) is 10.8. The lowest BCUT2D eigenvalue weighted by Crippen LogP contribution is -2.54. The van der Waals surface area contributed by atoms with Crippen LogP contribution in [0.15, 0.2) is 30.3 Å². The Morgan fingerprint density at radius 1 is 1.33 bits per heavy atom. The second-order valence-corrected chi connectivity index (χ2v) is 8.72. The van der Waals surface area contributed by atoms with Crippen molar-refractivity contribution in [2.75, 3.05) is 26.8 Å². The molecule has 162 valence electrons. The Morgan fingerprint density at radius 2 is 2.13 bits per heavy atom. The molecule has 0 aliphatic carbocycles. The van der Waals surface area contributed by atoms with Crippen molar-refractivity contribution in [1.82, 2.24) is 20.0 Å². The maximum Gasteiger partial charge on any atom is 0.407 e. The summed E-state index contributed by atoms with van der Waals surface area (Å²) in [5, 5.41) is 7.59. The van der Waals surface area contributed by atoms with Gasteiger partial charge < -0.3 is 14.8 Å². The largest absolute Gasteiger partial charge is 0.496 e. The number of rotatable bonds is 6. The second kappa shape index (κ2) is 8.68. The third-order valence-corrected chi connectivity index (χ3v) is 6.37. The molecule has 0 saturated carbocycles. The number of hydrogen-bond donors (Lipinski definition) is 1. The molecule has 1 unspecified atom stereocenters. The summed E-state index contributed by atoms with van der Waals surface area (Å²) in [4.78, 5) is 14.3. The summed E-state index contributed by atoms with van der Waals surface area (Å²) in [5.41, 5.74) is 3.24. The minimum Gasteiger partial charge on any atom is -0.496 e. The van der Waals surface area contributed by atoms with E-state index < -0.39 is 0 Å². The molecule has 1 aromatic carbocycles. The number of hydrogen-bond acceptors (Lipinski definition) is 5. The number of para-hydroxylation sites is 1. The average molecular weight is 413 g/mol. The van der Waals surface area contributed by atoms with Crippen LogP contribution in [0.3, 0.4) is 0 Å². The number of benzene rings is 1. The molecule has 0 spiro atoms. The van der Waals surface area contributed by atoms with Gasteiger partial charge in [0.15, 0.2) is 0 Å². The first-order chi connectivity index (χ1) is 14.5. The normalized spacial score (nSPS) is 25.4. The Kier molecular flexibility index (Phi) is 5.99. The van der Waals surface area contributed by atoms with Gasteiger partial charge in [0, 0.05) is 42.9 Å². The molecule has 4 heterocycles. The molecule has 3 saturated heterocycles. The highest BCUT2D eigenvalue weighted by Gasteiger charge is 2.42. The maximum absolute atomic E-state index is 11.8. The van der Waals surface area contributed by atoms with E-state index in [1.54, 1.807) is 7.11 Å². The van der Waals surface area contributed by atoms with Gasteiger partial charge in [0.05, 0.1) is 12.8 Å². The Hall–Kier alpha value is -2.54. The molecule has 3 aliphatic heterocycles. The summed E-state index contributed by atoms with van der Waals surface area (Å²) in [7, 11) is 3.72. The lowest BCUT2D eigenvalue weighted by Gasteiger charge is -2.49. The van der Waals surface area contributed by atoms with Gasteiger partial charge in [-0.1, -0.05) is 12.1 Å². The zero-order valence-electron chi connectivity index (χ0n) is 18.3. The van der Waals surface area contributed by atoms with Crippen molar-refractivity contribution < 1.29 is 14.3 Å². The van der Waals surface area contributed by atoms with Crippen molar-refractivity contribution in [1.29, 1.82) is 0 Å². The van der Waals surface area contributed by atoms with Crippen LogP contribution in [0, 0.1) is 5.92 Å². The fraction of sp³-hybridized carbons (Fsp3) is 0.565. The lowest BCUT2D eigenvalue weighted by molar-refractivity contribution is -0.00441. The van der Waals surface area contributed by atoms with Crippen LogP contribution >= 0.6 is 0 Å². The van der Waals surface area contributed by atoms with E-state index in [-0.39, 0.29) is 12.1 Å². The van der Waals surface area contributed by atoms with Crippen molar-refractivity contribution in [3.63, 3.8) is 0 Å². The highest BCUT2D eigenvalue weighted by molar-refractivity contribution is 5.68. The van der Waals surface area contributed by atoms with E-state index in [1.807, 2.05) is 43.8 Å². The zero-order valence-corrected chi connectivity index (χ0v) is 18.3. The van der Waals surface area contributed by atoms with Gasteiger partial charge in [-0.2, -0.15) is 5.10 Å². The number of aromatic nitrogens is 2. The van der Waals surface area contributed by atoms with Gasteiger partial charge in [0.25, 0.3) is 0 Å². The first kappa shape index (κ1) is 20.7. The molecule has 0 radical (unpaired) electrons. The number of amides is 1. The Balaban J connectivity index is 1.46. The van der Waals surface area contributed by atoms with Crippen LogP contribution < -0.4 is 10.1 Å². The third-order valence-electron chi connectivity index (χ3n) is 6.37. The van der Waals surface area contributed by atoms with Gasteiger partial charge in [-0.3, -0.25) is 9.58 Å². The minimum absolute atomic E-state index is 0.0901. The summed E-state index contributed by atoms with van der Waals surface area (Å²) in [5.74, 6) is 1.87. The Labute approximate surface area is 178 Å². The van der Waals surface area contributed by atoms with Gasteiger partial charge in [0.1, 0.15) is 12.4 Å². The fourth-order valence-electron chi connectivity index (χ4n) is 4.91. The SMILES string of the molecule is COc1ccccc1-c1cc([C@H]2CN3CC[C@@H]2C[C@@H]3COC(=O)NC(C)C)n(C)n1. The molecule has 2 aromatic rings. The van der Waals surface area contributed by atoms with Gasteiger partial charge in [-0.15, -0.1) is 0 Å². The molecule has 3 aliphatic rings. The number of carbonyl (C=O) groups excluding carboxylic acids is 1. The third kappa shape index (κ3) is 4.17. The molecular weight excluding hydrogens is 380 g/mol. The van der Waals surface area contributed by atoms with E-state index in [2.05, 4.69) is 22.3 Å². The molecule has 7 nitrogen and oxygen atoms in total. The number of carbonyl (C=O) groups is 1. The predicted molar refractivity (Wildman–Crippen MR) is 116 cm³/mol. The number of fused-ring (bicyclic) bond motifs is 3. The molecule has 4 atom stereocenters. The van der Waals surface area contributed by atoms with Crippen LogP contribution in [0.2, 0.25) is 0 Å². The summed E-state index contributed by atoms with van der Waals surface area (Å²) in [6, 6.07) is 10.6. The summed E-state index contributed by atoms with van der Waals surface area (Å²) in [6.45, 7) is 6.38. The number of methoxy groups -OCH3 is 1. The number of ether oxygens (including phenoxy) is 2. The smallest absolute Gasteiger partial charge is 0.407 e. The van der Waals surface area contributed by atoms with Crippen molar-refractivity contribution in [2.24, 2.45) is 13.0 Å². The van der Waals surface area contributed by atoms with Crippen molar-refractivity contribution in [2.45, 2.75) is 44.7 Å². The van der Waals surface area contributed by atoms with E-state index in [9.17, 15) is 4.79 Å². The number of aryl methyl sites for hydroxylation is 1. The quantitative estimate of drug-likeness (QED) is 0.788. The molecule has 2 bridgehead atoms. The zero-order chi connectivity index (χ0) is 21.3. The second-order valence-electron chi connectivity index (χ2n) is 8.72. The molecule has 1 aromatic heterocycles. The fourth-order valence-corrected chi connectivity index (χ4v) is 4.91.